The number of aliphatic hydroxyl groups is 1. The van der Waals surface area contributed by atoms with E-state index in [-0.39, 0.29) is 31.6 Å². The normalized spacial score (nSPS) is 11.8. The summed E-state index contributed by atoms with van der Waals surface area (Å²) >= 11 is 0. The molecule has 0 atom stereocenters. The van der Waals surface area contributed by atoms with Crippen LogP contribution in [0.5, 0.6) is 0 Å². The molecule has 0 spiro atoms. The van der Waals surface area contributed by atoms with Gasteiger partial charge in [-0.1, -0.05) is 41.8 Å². The molecule has 1 aliphatic rings. The maximum absolute atomic E-state index is 10.0. The molecule has 2 aromatic heterocycles. The van der Waals surface area contributed by atoms with Crippen LogP contribution in [0.25, 0.3) is 55.1 Å². The van der Waals surface area contributed by atoms with Gasteiger partial charge in [0, 0.05) is 55.2 Å². The molecule has 5 heteroatoms. The van der Waals surface area contributed by atoms with E-state index >= 15 is 0 Å². The molecule has 0 aliphatic heterocycles. The number of aromatic nitrogens is 2. The molecule has 0 saturated carbocycles. The third-order valence-corrected chi connectivity index (χ3v) is 5.65. The fourth-order valence-corrected chi connectivity index (χ4v) is 4.54. The van der Waals surface area contributed by atoms with E-state index in [0.29, 0.717) is 0 Å². The molecule has 5 aromatic rings. The zero-order valence-corrected chi connectivity index (χ0v) is 20.3. The molecule has 0 fully saturated rings. The van der Waals surface area contributed by atoms with E-state index in [4.69, 9.17) is 10.1 Å². The van der Waals surface area contributed by atoms with Crippen LogP contribution < -0.4 is 0 Å². The molecule has 1 aliphatic carbocycles. The molecule has 1 radical (unpaired) electrons. The van der Waals surface area contributed by atoms with E-state index in [1.54, 1.807) is 0 Å². The molecule has 0 bridgehead atoms. The van der Waals surface area contributed by atoms with Gasteiger partial charge in [0.15, 0.2) is 5.78 Å². The van der Waals surface area contributed by atoms with Crippen LogP contribution in [-0.4, -0.2) is 20.4 Å². The van der Waals surface area contributed by atoms with Crippen molar-refractivity contribution in [2.45, 2.75) is 13.8 Å². The number of hydrogen-bond donors (Lipinski definition) is 1. The molecule has 32 heavy (non-hydrogen) atoms. The van der Waals surface area contributed by atoms with E-state index in [2.05, 4.69) is 66.2 Å². The zero-order valence-electron chi connectivity index (χ0n) is 17.9. The van der Waals surface area contributed by atoms with Gasteiger partial charge in [-0.2, -0.15) is 0 Å². The van der Waals surface area contributed by atoms with Crippen molar-refractivity contribution in [1.29, 1.82) is 0 Å². The van der Waals surface area contributed by atoms with Crippen molar-refractivity contribution < 1.29 is 30.0 Å². The van der Waals surface area contributed by atoms with Crippen LogP contribution >= 0.6 is 0 Å². The Morgan fingerprint density at radius 3 is 2.41 bits per heavy atom. The van der Waals surface area contributed by atoms with Crippen molar-refractivity contribution in [2.75, 3.05) is 0 Å². The van der Waals surface area contributed by atoms with Gasteiger partial charge in [-0.05, 0) is 42.1 Å². The van der Waals surface area contributed by atoms with Crippen LogP contribution in [0.15, 0.2) is 72.5 Å². The molecule has 161 valence electrons. The Hall–Kier alpha value is -3.27. The van der Waals surface area contributed by atoms with Crippen molar-refractivity contribution >= 4 is 38.6 Å². The van der Waals surface area contributed by atoms with E-state index in [1.807, 2.05) is 12.1 Å². The average Bonchev–Trinajstić information content (AvgIpc) is 3.23. The van der Waals surface area contributed by atoms with E-state index in [1.165, 1.54) is 58.6 Å². The Bertz CT molecular complexity index is 1540. The Kier molecular flexibility index (Phi) is 5.72. The monoisotopic (exact) mass is 598 g/mol. The number of pyridine rings is 1. The molecular weight excluding hydrogens is 577 g/mol. The molecule has 6 rings (SSSR count). The van der Waals surface area contributed by atoms with Gasteiger partial charge in [-0.3, -0.25) is 9.78 Å². The van der Waals surface area contributed by atoms with Crippen LogP contribution in [0.3, 0.4) is 0 Å². The molecule has 4 nitrogen and oxygen atoms in total. The van der Waals surface area contributed by atoms with Crippen LogP contribution in [0.4, 0.5) is 0 Å². The predicted octanol–water partition coefficient (Wildman–Crippen LogP) is 6.36. The van der Waals surface area contributed by atoms with Gasteiger partial charge in [0.25, 0.3) is 0 Å². The van der Waals surface area contributed by atoms with Gasteiger partial charge in [-0.15, -0.1) is 24.3 Å². The molecule has 0 saturated heterocycles. The summed E-state index contributed by atoms with van der Waals surface area (Å²) in [5, 5.41) is 10.7. The standard InChI is InChI=1S/C22H13N2.C5H8O2.Ir/c1-24-18-12-5-4-9-16(18)21-22(24)20-15-8-3-2-7-13(15)14-10-6-11-17(23-21)19(14)20;1-4(6)3-5(2)7;/h2-8,10-12H,1H3;3,6H,1-2H3;/q-1;;/b;4-3-;. The van der Waals surface area contributed by atoms with Crippen molar-refractivity contribution in [1.82, 2.24) is 9.55 Å². The Labute approximate surface area is 199 Å². The van der Waals surface area contributed by atoms with Gasteiger partial charge >= 0.3 is 0 Å². The first-order chi connectivity index (χ1) is 15.0. The minimum atomic E-state index is -0.125. The summed E-state index contributed by atoms with van der Waals surface area (Å²) in [7, 11) is 2.13. The number of carbonyl (C=O) groups is 1. The van der Waals surface area contributed by atoms with E-state index in [9.17, 15) is 4.79 Å². The molecule has 1 N–H and O–H groups in total. The fraction of sp³-hybridized carbons (Fsp3) is 0.111. The van der Waals surface area contributed by atoms with Gasteiger partial charge in [0.2, 0.25) is 0 Å². The topological polar surface area (TPSA) is 55.1 Å². The largest absolute Gasteiger partial charge is 0.512 e. The second-order valence-electron chi connectivity index (χ2n) is 7.82. The number of nitrogens with zero attached hydrogens (tertiary/aromatic N) is 2. The third-order valence-electron chi connectivity index (χ3n) is 5.65. The van der Waals surface area contributed by atoms with E-state index < -0.39 is 0 Å². The molecule has 2 heterocycles. The summed E-state index contributed by atoms with van der Waals surface area (Å²) in [5.74, 6) is -0.0625. The number of rotatable bonds is 1. The second-order valence-corrected chi connectivity index (χ2v) is 7.82. The molecule has 0 unspecified atom stereocenters. The average molecular weight is 598 g/mol. The Morgan fingerprint density at radius 1 is 1.00 bits per heavy atom. The summed E-state index contributed by atoms with van der Waals surface area (Å²) in [5.41, 5.74) is 9.72. The minimum absolute atomic E-state index is 0. The molecule has 3 aromatic carbocycles. The van der Waals surface area contributed by atoms with Crippen LogP contribution in [0.1, 0.15) is 13.8 Å². The van der Waals surface area contributed by atoms with Crippen molar-refractivity contribution in [3.8, 4) is 22.3 Å². The number of carbonyl (C=O) groups excluding carboxylic acids is 1. The number of aryl methyl sites for hydroxylation is 1. The van der Waals surface area contributed by atoms with Crippen molar-refractivity contribution in [3.05, 3.63) is 78.6 Å². The van der Waals surface area contributed by atoms with Crippen LogP contribution in [0.2, 0.25) is 0 Å². The fourth-order valence-electron chi connectivity index (χ4n) is 4.54. The van der Waals surface area contributed by atoms with Crippen molar-refractivity contribution in [3.63, 3.8) is 0 Å². The second kappa shape index (κ2) is 8.34. The van der Waals surface area contributed by atoms with E-state index in [0.717, 1.165) is 16.4 Å². The molecular formula is C27H21IrN2O2-. The summed E-state index contributed by atoms with van der Waals surface area (Å²) < 4.78 is 2.27. The number of aliphatic hydroxyl groups excluding tert-OH is 1. The summed E-state index contributed by atoms with van der Waals surface area (Å²) in [6.45, 7) is 2.85. The van der Waals surface area contributed by atoms with Gasteiger partial charge in [0.05, 0.1) is 11.3 Å². The first kappa shape index (κ1) is 21.9. The van der Waals surface area contributed by atoms with Crippen molar-refractivity contribution in [2.24, 2.45) is 7.05 Å². The minimum Gasteiger partial charge on any atom is -0.512 e. The maximum Gasteiger partial charge on any atom is 0.155 e. The number of hydrogen-bond acceptors (Lipinski definition) is 3. The maximum atomic E-state index is 10.0. The number of fused-ring (bicyclic) bond motifs is 7. The predicted molar refractivity (Wildman–Crippen MR) is 126 cm³/mol. The Morgan fingerprint density at radius 2 is 1.72 bits per heavy atom. The van der Waals surface area contributed by atoms with Gasteiger partial charge in [-0.25, -0.2) is 0 Å². The smallest absolute Gasteiger partial charge is 0.155 e. The van der Waals surface area contributed by atoms with Crippen LogP contribution in [-0.2, 0) is 31.9 Å². The van der Waals surface area contributed by atoms with Crippen LogP contribution in [0, 0.1) is 6.07 Å². The number of ketones is 1. The third kappa shape index (κ3) is 3.35. The Balaban J connectivity index is 0.000000271. The van der Waals surface area contributed by atoms with Gasteiger partial charge < -0.3 is 9.67 Å². The SMILES string of the molecule is CC(=O)/C=C(/C)O.Cn1c2ccc[c-]c2c2nc3cccc4c3c(c21)-c1ccccc1-4.[Ir]. The summed E-state index contributed by atoms with van der Waals surface area (Å²) in [4.78, 5) is 15.0. The van der Waals surface area contributed by atoms with Gasteiger partial charge in [0.1, 0.15) is 0 Å². The number of allylic oxidation sites excluding steroid dienone is 2. The first-order valence-corrected chi connectivity index (χ1v) is 10.2. The first-order valence-electron chi connectivity index (χ1n) is 10.2. The quantitative estimate of drug-likeness (QED) is 0.136. The number of benzene rings is 3. The summed E-state index contributed by atoms with van der Waals surface area (Å²) in [6.07, 6.45) is 1.17. The molecule has 0 amide bonds. The summed E-state index contributed by atoms with van der Waals surface area (Å²) in [6, 6.07) is 24.7. The zero-order chi connectivity index (χ0) is 21.7.